The molecule has 2 N–H and O–H groups in total. The first-order valence-corrected chi connectivity index (χ1v) is 7.54. The van der Waals surface area contributed by atoms with Crippen LogP contribution >= 0.6 is 12.2 Å². The molecule has 0 spiro atoms. The maximum atomic E-state index is 13.5. The van der Waals surface area contributed by atoms with Crippen molar-refractivity contribution in [1.82, 2.24) is 10.3 Å². The Labute approximate surface area is 137 Å². The molecule has 0 aliphatic carbocycles. The van der Waals surface area contributed by atoms with Crippen molar-refractivity contribution < 1.29 is 13.2 Å². The molecule has 0 amide bonds. The fraction of sp³-hybridized carbons (Fsp3) is 0.250. The number of rotatable bonds is 5. The number of hydrogen-bond acceptors (Lipinski definition) is 2. The Bertz CT molecular complexity index is 707. The lowest BCUT2D eigenvalue weighted by molar-refractivity contribution is 0.441. The second-order valence-corrected chi connectivity index (χ2v) is 5.24. The van der Waals surface area contributed by atoms with Crippen molar-refractivity contribution in [2.75, 3.05) is 11.9 Å². The molecular weight excluding hydrogens is 323 g/mol. The number of nitrogens with one attached hydrogen (secondary N) is 2. The summed E-state index contributed by atoms with van der Waals surface area (Å²) in [4.78, 5) is 4.20. The first-order valence-electron chi connectivity index (χ1n) is 7.14. The van der Waals surface area contributed by atoms with Gasteiger partial charge in [-0.15, -0.1) is 0 Å². The molecule has 0 radical (unpaired) electrons. The van der Waals surface area contributed by atoms with E-state index in [2.05, 4.69) is 15.6 Å². The van der Waals surface area contributed by atoms with Gasteiger partial charge in [-0.2, -0.15) is 0 Å². The van der Waals surface area contributed by atoms with Gasteiger partial charge in [0.1, 0.15) is 5.82 Å². The molecule has 0 saturated heterocycles. The molecule has 1 heterocycles. The van der Waals surface area contributed by atoms with Crippen molar-refractivity contribution in [3.63, 3.8) is 0 Å². The summed E-state index contributed by atoms with van der Waals surface area (Å²) >= 11 is 5.15. The highest BCUT2D eigenvalue weighted by molar-refractivity contribution is 7.80. The number of benzene rings is 1. The summed E-state index contributed by atoms with van der Waals surface area (Å²) in [5, 5.41) is 6.19. The normalized spacial score (nSPS) is 10.4. The third-order valence-electron chi connectivity index (χ3n) is 3.30. The molecule has 2 rings (SSSR count). The number of pyridine rings is 1. The van der Waals surface area contributed by atoms with Crippen LogP contribution in [0.15, 0.2) is 30.5 Å². The van der Waals surface area contributed by atoms with Crippen LogP contribution in [0.4, 0.5) is 19.0 Å². The predicted molar refractivity (Wildman–Crippen MR) is 87.9 cm³/mol. The van der Waals surface area contributed by atoms with E-state index in [0.29, 0.717) is 10.9 Å². The van der Waals surface area contributed by atoms with Gasteiger partial charge in [0.2, 0.25) is 0 Å². The first-order chi connectivity index (χ1) is 11.0. The van der Waals surface area contributed by atoms with Crippen LogP contribution in [0.5, 0.6) is 0 Å². The number of halogens is 3. The molecule has 0 saturated carbocycles. The van der Waals surface area contributed by atoms with Gasteiger partial charge in [-0.3, -0.25) is 0 Å². The topological polar surface area (TPSA) is 37.0 Å². The van der Waals surface area contributed by atoms with E-state index in [1.165, 1.54) is 6.07 Å². The van der Waals surface area contributed by atoms with Crippen LogP contribution < -0.4 is 10.6 Å². The standard InChI is InChI=1S/C16H16F3N3S/c1-2-10-4-3-8-20-15(10)22-16(23)21-9-7-11-5-6-12(17)14(19)13(11)18/h3-6,8H,2,7,9H2,1H3,(H2,20,21,22,23). The highest BCUT2D eigenvalue weighted by Crippen LogP contribution is 2.15. The fourth-order valence-corrected chi connectivity index (χ4v) is 2.26. The van der Waals surface area contributed by atoms with Gasteiger partial charge < -0.3 is 10.6 Å². The number of hydrogen-bond donors (Lipinski definition) is 2. The van der Waals surface area contributed by atoms with Gasteiger partial charge in [0.15, 0.2) is 22.6 Å². The van der Waals surface area contributed by atoms with Crippen LogP contribution in [-0.2, 0) is 12.8 Å². The molecule has 23 heavy (non-hydrogen) atoms. The molecule has 2 aromatic rings. The molecule has 1 aromatic heterocycles. The number of anilines is 1. The molecule has 0 aliphatic rings. The van der Waals surface area contributed by atoms with Crippen LogP contribution in [-0.4, -0.2) is 16.6 Å². The number of aryl methyl sites for hydroxylation is 1. The van der Waals surface area contributed by atoms with Gasteiger partial charge in [-0.1, -0.05) is 19.1 Å². The zero-order valence-electron chi connectivity index (χ0n) is 12.5. The van der Waals surface area contributed by atoms with Crippen molar-refractivity contribution >= 4 is 23.1 Å². The zero-order chi connectivity index (χ0) is 16.8. The molecule has 0 aliphatic heterocycles. The molecule has 7 heteroatoms. The summed E-state index contributed by atoms with van der Waals surface area (Å²) in [6, 6.07) is 5.91. The van der Waals surface area contributed by atoms with Gasteiger partial charge in [-0.25, -0.2) is 18.2 Å². The number of nitrogens with zero attached hydrogens (tertiary/aromatic N) is 1. The number of thiocarbonyl (C=S) groups is 1. The molecule has 0 bridgehead atoms. The van der Waals surface area contributed by atoms with E-state index in [4.69, 9.17) is 12.2 Å². The Balaban J connectivity index is 1.89. The molecule has 0 unspecified atom stereocenters. The summed E-state index contributed by atoms with van der Waals surface area (Å²) < 4.78 is 39.5. The Hall–Kier alpha value is -2.15. The van der Waals surface area contributed by atoms with E-state index in [1.807, 2.05) is 19.1 Å². The van der Waals surface area contributed by atoms with E-state index < -0.39 is 17.5 Å². The SMILES string of the molecule is CCc1cccnc1NC(=S)NCCc1ccc(F)c(F)c1F. The maximum Gasteiger partial charge on any atom is 0.194 e. The van der Waals surface area contributed by atoms with Gasteiger partial charge in [0.25, 0.3) is 0 Å². The first kappa shape index (κ1) is 17.2. The molecule has 0 atom stereocenters. The Kier molecular flexibility index (Phi) is 5.92. The summed E-state index contributed by atoms with van der Waals surface area (Å²) in [5.74, 6) is -3.15. The minimum atomic E-state index is -1.45. The lowest BCUT2D eigenvalue weighted by Crippen LogP contribution is -2.31. The van der Waals surface area contributed by atoms with Crippen molar-refractivity contribution in [1.29, 1.82) is 0 Å². The minimum Gasteiger partial charge on any atom is -0.362 e. The average Bonchev–Trinajstić information content (AvgIpc) is 2.55. The van der Waals surface area contributed by atoms with E-state index >= 15 is 0 Å². The minimum absolute atomic E-state index is 0.0892. The quantitative estimate of drug-likeness (QED) is 0.645. The largest absolute Gasteiger partial charge is 0.362 e. The summed E-state index contributed by atoms with van der Waals surface area (Å²) in [7, 11) is 0. The second-order valence-electron chi connectivity index (χ2n) is 4.83. The highest BCUT2D eigenvalue weighted by atomic mass is 32.1. The van der Waals surface area contributed by atoms with Crippen LogP contribution in [0.2, 0.25) is 0 Å². The van der Waals surface area contributed by atoms with Crippen molar-refractivity contribution in [3.8, 4) is 0 Å². The van der Waals surface area contributed by atoms with Crippen molar-refractivity contribution in [2.24, 2.45) is 0 Å². The van der Waals surface area contributed by atoms with Crippen LogP contribution in [0.25, 0.3) is 0 Å². The predicted octanol–water partition coefficient (Wildman–Crippen LogP) is 3.59. The van der Waals surface area contributed by atoms with Crippen molar-refractivity contribution in [3.05, 3.63) is 59.0 Å². The second kappa shape index (κ2) is 7.92. The van der Waals surface area contributed by atoms with Gasteiger partial charge in [0.05, 0.1) is 0 Å². The van der Waals surface area contributed by atoms with Crippen LogP contribution in [0, 0.1) is 17.5 Å². The smallest absolute Gasteiger partial charge is 0.194 e. The average molecular weight is 339 g/mol. The summed E-state index contributed by atoms with van der Waals surface area (Å²) in [6.45, 7) is 2.28. The zero-order valence-corrected chi connectivity index (χ0v) is 13.3. The van der Waals surface area contributed by atoms with E-state index in [-0.39, 0.29) is 18.5 Å². The van der Waals surface area contributed by atoms with E-state index in [0.717, 1.165) is 18.1 Å². The molecule has 1 aromatic carbocycles. The molecule has 0 fully saturated rings. The Morgan fingerprint density at radius 1 is 1.13 bits per heavy atom. The molecule has 3 nitrogen and oxygen atoms in total. The third-order valence-corrected chi connectivity index (χ3v) is 3.55. The van der Waals surface area contributed by atoms with Gasteiger partial charge >= 0.3 is 0 Å². The van der Waals surface area contributed by atoms with Crippen LogP contribution in [0.1, 0.15) is 18.1 Å². The molecular formula is C16H16F3N3S. The van der Waals surface area contributed by atoms with Gasteiger partial charge in [-0.05, 0) is 48.3 Å². The monoisotopic (exact) mass is 339 g/mol. The Morgan fingerprint density at radius 2 is 1.91 bits per heavy atom. The van der Waals surface area contributed by atoms with E-state index in [9.17, 15) is 13.2 Å². The lowest BCUT2D eigenvalue weighted by atomic mass is 10.1. The van der Waals surface area contributed by atoms with E-state index in [1.54, 1.807) is 6.20 Å². The lowest BCUT2D eigenvalue weighted by Gasteiger charge is -2.12. The van der Waals surface area contributed by atoms with Gasteiger partial charge in [0, 0.05) is 12.7 Å². The fourth-order valence-electron chi connectivity index (χ4n) is 2.06. The summed E-state index contributed by atoms with van der Waals surface area (Å²) in [6.07, 6.45) is 2.63. The third kappa shape index (κ3) is 4.41. The highest BCUT2D eigenvalue weighted by Gasteiger charge is 2.13. The summed E-state index contributed by atoms with van der Waals surface area (Å²) in [5.41, 5.74) is 1.11. The molecule has 122 valence electrons. The van der Waals surface area contributed by atoms with Crippen LogP contribution in [0.3, 0.4) is 0 Å². The van der Waals surface area contributed by atoms with Crippen molar-refractivity contribution in [2.45, 2.75) is 19.8 Å². The maximum absolute atomic E-state index is 13.5. The number of aromatic nitrogens is 1. The Morgan fingerprint density at radius 3 is 2.65 bits per heavy atom.